The van der Waals surface area contributed by atoms with Crippen LogP contribution in [0.4, 0.5) is 39.5 Å². The van der Waals surface area contributed by atoms with Crippen molar-refractivity contribution in [3.63, 3.8) is 0 Å². The zero-order valence-electron chi connectivity index (χ0n) is 6.19. The fourth-order valence-corrected chi connectivity index (χ4v) is 1.66. The highest BCUT2D eigenvalue weighted by atomic mass is 35.7. The molecule has 0 amide bonds. The summed E-state index contributed by atoms with van der Waals surface area (Å²) >= 11 is 0. The Morgan fingerprint density at radius 1 is 0.600 bits per heavy atom. The number of halogens is 10. The van der Waals surface area contributed by atoms with Gasteiger partial charge in [-0.15, -0.1) is 0 Å². The smallest absolute Gasteiger partial charge is 0.169 e. The molecule has 0 atom stereocenters. The summed E-state index contributed by atoms with van der Waals surface area (Å²) in [5.41, 5.74) is 0. The molecule has 0 heterocycles. The van der Waals surface area contributed by atoms with E-state index in [0.29, 0.717) is 0 Å². The molecule has 0 fully saturated rings. The molecule has 0 N–H and O–H groups in total. The minimum atomic E-state index is -6.59. The minimum Gasteiger partial charge on any atom is -0.169 e. The number of hydrogen-bond acceptors (Lipinski definition) is 1. The maximum absolute atomic E-state index is 11.8. The molecule has 92 valence electrons. The molecule has 0 aliphatic rings. The third-order valence-corrected chi connectivity index (χ3v) is 2.93. The molecule has 0 unspecified atom stereocenters. The van der Waals surface area contributed by atoms with Crippen LogP contribution in [0.1, 0.15) is 0 Å². The van der Waals surface area contributed by atoms with Crippen molar-refractivity contribution in [2.24, 2.45) is 0 Å². The van der Waals surface area contributed by atoms with Gasteiger partial charge in [0, 0.05) is 0 Å². The lowest BCUT2D eigenvalue weighted by atomic mass is 10.1. The summed E-state index contributed by atoms with van der Waals surface area (Å²) < 4.78 is 100. The van der Waals surface area contributed by atoms with Gasteiger partial charge in [-0.05, 0) is 21.7 Å². The van der Waals surface area contributed by atoms with Crippen molar-refractivity contribution in [2.75, 3.05) is 0 Å². The number of hydrogen-bond donors (Lipinski definition) is 0. The standard InChI is InChI=1S/C4ClF9S/c5-15-1(2(6,7)8,3(9,10)11)4(12,13)14. The van der Waals surface area contributed by atoms with Crippen LogP contribution in [0.5, 0.6) is 0 Å². The molecule has 0 radical (unpaired) electrons. The van der Waals surface area contributed by atoms with Crippen molar-refractivity contribution in [2.45, 2.75) is 23.3 Å². The first-order chi connectivity index (χ1) is 6.31. The lowest BCUT2D eigenvalue weighted by Crippen LogP contribution is -2.63. The maximum Gasteiger partial charge on any atom is 0.422 e. The third-order valence-electron chi connectivity index (χ3n) is 1.31. The van der Waals surface area contributed by atoms with E-state index < -0.39 is 34.3 Å². The van der Waals surface area contributed by atoms with Crippen molar-refractivity contribution < 1.29 is 39.5 Å². The Bertz CT molecular complexity index is 188. The van der Waals surface area contributed by atoms with Gasteiger partial charge in [-0.3, -0.25) is 0 Å². The van der Waals surface area contributed by atoms with Gasteiger partial charge in [0.05, 0.1) is 0 Å². The van der Waals surface area contributed by atoms with Crippen LogP contribution >= 0.6 is 21.7 Å². The lowest BCUT2D eigenvalue weighted by Gasteiger charge is -2.35. The molecular formula is C4ClF9S. The van der Waals surface area contributed by atoms with Gasteiger partial charge in [0.1, 0.15) is 0 Å². The second-order valence-corrected chi connectivity index (χ2v) is 3.48. The van der Waals surface area contributed by atoms with Crippen LogP contribution in [0.15, 0.2) is 0 Å². The van der Waals surface area contributed by atoms with Crippen LogP contribution in [0, 0.1) is 0 Å². The molecule has 15 heavy (non-hydrogen) atoms. The zero-order valence-corrected chi connectivity index (χ0v) is 7.76. The van der Waals surface area contributed by atoms with E-state index in [9.17, 15) is 39.5 Å². The molecule has 0 bridgehead atoms. The Morgan fingerprint density at radius 3 is 0.800 bits per heavy atom. The van der Waals surface area contributed by atoms with Crippen LogP contribution in [-0.2, 0) is 0 Å². The van der Waals surface area contributed by atoms with Crippen molar-refractivity contribution >= 4 is 21.7 Å². The van der Waals surface area contributed by atoms with Crippen LogP contribution in [0.3, 0.4) is 0 Å². The summed E-state index contributed by atoms with van der Waals surface area (Å²) in [5.74, 6) is 0. The summed E-state index contributed by atoms with van der Waals surface area (Å²) in [6, 6.07) is 0. The predicted octanol–water partition coefficient (Wildman–Crippen LogP) is 4.30. The third kappa shape index (κ3) is 2.24. The quantitative estimate of drug-likeness (QED) is 0.648. The van der Waals surface area contributed by atoms with Gasteiger partial charge in [-0.25, -0.2) is 0 Å². The second kappa shape index (κ2) is 3.79. The largest absolute Gasteiger partial charge is 0.422 e. The first kappa shape index (κ1) is 15.0. The summed E-state index contributed by atoms with van der Waals surface area (Å²) in [4.78, 5) is 0. The average molecular weight is 287 g/mol. The van der Waals surface area contributed by atoms with Gasteiger partial charge in [0.25, 0.3) is 0 Å². The van der Waals surface area contributed by atoms with Gasteiger partial charge in [0.2, 0.25) is 0 Å². The van der Waals surface area contributed by atoms with E-state index in [0.717, 1.165) is 0 Å². The Labute approximate surface area is 85.3 Å². The average Bonchev–Trinajstić information content (AvgIpc) is 1.76. The molecule has 0 aromatic heterocycles. The number of rotatable bonds is 1. The highest BCUT2D eigenvalue weighted by molar-refractivity contribution is 8.22. The van der Waals surface area contributed by atoms with Crippen LogP contribution in [0.25, 0.3) is 0 Å². The van der Waals surface area contributed by atoms with E-state index in [1.54, 1.807) is 0 Å². The van der Waals surface area contributed by atoms with Crippen molar-refractivity contribution in [3.05, 3.63) is 0 Å². The fraction of sp³-hybridized carbons (Fsp3) is 1.00. The molecule has 0 aliphatic carbocycles. The predicted molar refractivity (Wildman–Crippen MR) is 34.3 cm³/mol. The zero-order chi connectivity index (χ0) is 12.7. The summed E-state index contributed by atoms with van der Waals surface area (Å²) in [6.07, 6.45) is -19.8. The Kier molecular flexibility index (Phi) is 3.79. The van der Waals surface area contributed by atoms with E-state index in [4.69, 9.17) is 0 Å². The van der Waals surface area contributed by atoms with Gasteiger partial charge in [-0.1, -0.05) is 0 Å². The minimum absolute atomic E-state index is 1.86. The normalized spacial score (nSPS) is 15.6. The van der Waals surface area contributed by atoms with Gasteiger partial charge in [-0.2, -0.15) is 39.5 Å². The van der Waals surface area contributed by atoms with Crippen LogP contribution in [0.2, 0.25) is 0 Å². The second-order valence-electron chi connectivity index (χ2n) is 2.25. The fourth-order valence-electron chi connectivity index (χ4n) is 0.613. The highest BCUT2D eigenvalue weighted by Gasteiger charge is 2.84. The molecule has 0 spiro atoms. The molecule has 0 rings (SSSR count). The maximum atomic E-state index is 11.8. The van der Waals surface area contributed by atoms with Crippen molar-refractivity contribution in [3.8, 4) is 0 Å². The molecule has 0 saturated heterocycles. The molecule has 0 aromatic rings. The monoisotopic (exact) mass is 286 g/mol. The van der Waals surface area contributed by atoms with E-state index in [2.05, 4.69) is 10.7 Å². The summed E-state index contributed by atoms with van der Waals surface area (Å²) in [7, 11) is 2.27. The first-order valence-corrected chi connectivity index (χ1v) is 4.45. The number of alkyl halides is 9. The van der Waals surface area contributed by atoms with Gasteiger partial charge < -0.3 is 0 Å². The molecule has 0 aromatic carbocycles. The van der Waals surface area contributed by atoms with E-state index in [1.807, 2.05) is 0 Å². The van der Waals surface area contributed by atoms with Crippen LogP contribution < -0.4 is 0 Å². The molecule has 0 aliphatic heterocycles. The summed E-state index contributed by atoms with van der Waals surface area (Å²) in [5, 5.41) is 0. The molecule has 11 heteroatoms. The van der Waals surface area contributed by atoms with E-state index in [1.165, 1.54) is 0 Å². The molecule has 0 saturated carbocycles. The van der Waals surface area contributed by atoms with E-state index in [-0.39, 0.29) is 0 Å². The SMILES string of the molecule is FC(F)(F)C(SCl)(C(F)(F)F)C(F)(F)F. The molecule has 0 nitrogen and oxygen atoms in total. The Hall–Kier alpha value is 0.01000. The van der Waals surface area contributed by atoms with E-state index >= 15 is 0 Å². The Balaban J connectivity index is 5.78. The highest BCUT2D eigenvalue weighted by Crippen LogP contribution is 2.61. The van der Waals surface area contributed by atoms with Crippen molar-refractivity contribution in [1.82, 2.24) is 0 Å². The van der Waals surface area contributed by atoms with Gasteiger partial charge >= 0.3 is 23.3 Å². The Morgan fingerprint density at radius 2 is 0.800 bits per heavy atom. The topological polar surface area (TPSA) is 0 Å². The van der Waals surface area contributed by atoms with Crippen molar-refractivity contribution in [1.29, 1.82) is 0 Å². The first-order valence-electron chi connectivity index (χ1n) is 2.81. The molecular weight excluding hydrogens is 287 g/mol. The summed E-state index contributed by atoms with van der Waals surface area (Å²) in [6.45, 7) is 0. The van der Waals surface area contributed by atoms with Gasteiger partial charge in [0.15, 0.2) is 0 Å². The lowest BCUT2D eigenvalue weighted by molar-refractivity contribution is -0.344. The van der Waals surface area contributed by atoms with Crippen LogP contribution in [-0.4, -0.2) is 23.3 Å².